The molecule has 3 heteroatoms. The zero-order chi connectivity index (χ0) is 12.4. The highest BCUT2D eigenvalue weighted by atomic mass is 16.3. The van der Waals surface area contributed by atoms with Crippen molar-refractivity contribution in [1.82, 2.24) is 0 Å². The van der Waals surface area contributed by atoms with E-state index in [1.165, 1.54) is 0 Å². The van der Waals surface area contributed by atoms with Crippen molar-refractivity contribution in [3.8, 4) is 0 Å². The second kappa shape index (κ2) is 4.72. The maximum absolute atomic E-state index is 11.9. The molecule has 0 fully saturated rings. The first-order chi connectivity index (χ1) is 8.10. The first kappa shape index (κ1) is 11.9. The van der Waals surface area contributed by atoms with Crippen molar-refractivity contribution in [2.45, 2.75) is 32.7 Å². The number of furan rings is 1. The summed E-state index contributed by atoms with van der Waals surface area (Å²) in [6, 6.07) is 7.58. The van der Waals surface area contributed by atoms with Gasteiger partial charge in [0.15, 0.2) is 11.5 Å². The highest BCUT2D eigenvalue weighted by Crippen LogP contribution is 2.21. The van der Waals surface area contributed by atoms with Crippen LogP contribution in [0.5, 0.6) is 0 Å². The molecule has 0 spiro atoms. The number of aryl methyl sites for hydroxylation is 1. The van der Waals surface area contributed by atoms with E-state index in [2.05, 4.69) is 0 Å². The zero-order valence-corrected chi connectivity index (χ0v) is 10.2. The minimum Gasteiger partial charge on any atom is -0.453 e. The van der Waals surface area contributed by atoms with Crippen molar-refractivity contribution < 1.29 is 9.21 Å². The Bertz CT molecular complexity index is 542. The molecule has 90 valence electrons. The molecule has 0 saturated carbocycles. The van der Waals surface area contributed by atoms with Crippen LogP contribution in [0.1, 0.15) is 35.9 Å². The number of hydrogen-bond acceptors (Lipinski definition) is 3. The molecule has 0 aliphatic carbocycles. The Hall–Kier alpha value is -1.61. The fourth-order valence-corrected chi connectivity index (χ4v) is 1.78. The SMILES string of the molecule is CCC(N)CC(=O)c1cc2cc(C)ccc2o1. The number of benzene rings is 1. The van der Waals surface area contributed by atoms with Gasteiger partial charge < -0.3 is 10.2 Å². The van der Waals surface area contributed by atoms with Gasteiger partial charge in [-0.25, -0.2) is 0 Å². The van der Waals surface area contributed by atoms with Gasteiger partial charge in [0, 0.05) is 17.8 Å². The summed E-state index contributed by atoms with van der Waals surface area (Å²) in [5.74, 6) is 0.391. The summed E-state index contributed by atoms with van der Waals surface area (Å²) < 4.78 is 5.53. The molecule has 1 heterocycles. The fourth-order valence-electron chi connectivity index (χ4n) is 1.78. The van der Waals surface area contributed by atoms with E-state index in [1.54, 1.807) is 6.07 Å². The number of hydrogen-bond donors (Lipinski definition) is 1. The van der Waals surface area contributed by atoms with E-state index in [-0.39, 0.29) is 11.8 Å². The van der Waals surface area contributed by atoms with Crippen LogP contribution in [0.15, 0.2) is 28.7 Å². The molecule has 0 bridgehead atoms. The van der Waals surface area contributed by atoms with Gasteiger partial charge in [0.2, 0.25) is 0 Å². The minimum atomic E-state index is -0.0857. The third-order valence-corrected chi connectivity index (χ3v) is 2.92. The average molecular weight is 231 g/mol. The molecule has 0 aliphatic rings. The number of nitrogens with two attached hydrogens (primary N) is 1. The van der Waals surface area contributed by atoms with E-state index >= 15 is 0 Å². The summed E-state index contributed by atoms with van der Waals surface area (Å²) in [6.45, 7) is 3.99. The van der Waals surface area contributed by atoms with Crippen LogP contribution in [0, 0.1) is 6.92 Å². The largest absolute Gasteiger partial charge is 0.453 e. The van der Waals surface area contributed by atoms with Gasteiger partial charge in [0.05, 0.1) is 0 Å². The first-order valence-corrected chi connectivity index (χ1v) is 5.89. The first-order valence-electron chi connectivity index (χ1n) is 5.89. The summed E-state index contributed by atoms with van der Waals surface area (Å²) in [7, 11) is 0. The van der Waals surface area contributed by atoms with Gasteiger partial charge in [-0.1, -0.05) is 18.6 Å². The molecule has 0 amide bonds. The molecule has 1 aromatic heterocycles. The lowest BCUT2D eigenvalue weighted by atomic mass is 10.1. The van der Waals surface area contributed by atoms with Crippen LogP contribution in [-0.2, 0) is 0 Å². The van der Waals surface area contributed by atoms with Crippen LogP contribution in [0.25, 0.3) is 11.0 Å². The highest BCUT2D eigenvalue weighted by Gasteiger charge is 2.14. The summed E-state index contributed by atoms with van der Waals surface area (Å²) >= 11 is 0. The quantitative estimate of drug-likeness (QED) is 0.823. The summed E-state index contributed by atoms with van der Waals surface area (Å²) in [4.78, 5) is 11.9. The average Bonchev–Trinajstić information content (AvgIpc) is 2.71. The molecular formula is C14H17NO2. The predicted molar refractivity (Wildman–Crippen MR) is 68.2 cm³/mol. The number of ketones is 1. The summed E-state index contributed by atoms with van der Waals surface area (Å²) in [6.07, 6.45) is 1.14. The van der Waals surface area contributed by atoms with Gasteiger partial charge in [0.25, 0.3) is 0 Å². The molecule has 0 radical (unpaired) electrons. The Morgan fingerprint density at radius 3 is 2.88 bits per heavy atom. The monoisotopic (exact) mass is 231 g/mol. The van der Waals surface area contributed by atoms with Crippen LogP contribution in [0.4, 0.5) is 0 Å². The lowest BCUT2D eigenvalue weighted by Gasteiger charge is -2.04. The third-order valence-electron chi connectivity index (χ3n) is 2.92. The zero-order valence-electron chi connectivity index (χ0n) is 10.2. The number of fused-ring (bicyclic) bond motifs is 1. The molecule has 0 saturated heterocycles. The van der Waals surface area contributed by atoms with Crippen molar-refractivity contribution in [1.29, 1.82) is 0 Å². The molecule has 2 N–H and O–H groups in total. The van der Waals surface area contributed by atoms with Crippen molar-refractivity contribution in [3.05, 3.63) is 35.6 Å². The highest BCUT2D eigenvalue weighted by molar-refractivity contribution is 5.97. The summed E-state index contributed by atoms with van der Waals surface area (Å²) in [5.41, 5.74) is 7.68. The van der Waals surface area contributed by atoms with Crippen LogP contribution in [0.3, 0.4) is 0 Å². The third kappa shape index (κ3) is 2.56. The lowest BCUT2D eigenvalue weighted by Crippen LogP contribution is -2.22. The topological polar surface area (TPSA) is 56.2 Å². The number of Topliss-reactive ketones (excluding diaryl/α,β-unsaturated/α-hetero) is 1. The standard InChI is InChI=1S/C14H17NO2/c1-3-11(15)8-12(16)14-7-10-6-9(2)4-5-13(10)17-14/h4-7,11H,3,8,15H2,1-2H3. The molecule has 1 unspecified atom stereocenters. The van der Waals surface area contributed by atoms with Crippen molar-refractivity contribution >= 4 is 16.8 Å². The van der Waals surface area contributed by atoms with Crippen molar-refractivity contribution in [2.24, 2.45) is 5.73 Å². The molecule has 0 aliphatic heterocycles. The maximum Gasteiger partial charge on any atom is 0.199 e. The van der Waals surface area contributed by atoms with E-state index in [0.717, 1.165) is 23.0 Å². The van der Waals surface area contributed by atoms with Gasteiger partial charge in [0.1, 0.15) is 5.58 Å². The lowest BCUT2D eigenvalue weighted by molar-refractivity contribution is 0.0949. The molecular weight excluding hydrogens is 214 g/mol. The van der Waals surface area contributed by atoms with Crippen LogP contribution < -0.4 is 5.73 Å². The Kier molecular flexibility index (Phi) is 3.29. The second-order valence-electron chi connectivity index (χ2n) is 4.45. The van der Waals surface area contributed by atoms with E-state index in [1.807, 2.05) is 32.0 Å². The number of carbonyl (C=O) groups excluding carboxylic acids is 1. The second-order valence-corrected chi connectivity index (χ2v) is 4.45. The van der Waals surface area contributed by atoms with E-state index in [9.17, 15) is 4.79 Å². The van der Waals surface area contributed by atoms with Crippen molar-refractivity contribution in [2.75, 3.05) is 0 Å². The van der Waals surface area contributed by atoms with Gasteiger partial charge in [-0.2, -0.15) is 0 Å². The smallest absolute Gasteiger partial charge is 0.199 e. The van der Waals surface area contributed by atoms with Crippen LogP contribution in [-0.4, -0.2) is 11.8 Å². The molecule has 3 nitrogen and oxygen atoms in total. The van der Waals surface area contributed by atoms with E-state index in [4.69, 9.17) is 10.2 Å². The Labute approximate surface area is 101 Å². The van der Waals surface area contributed by atoms with Gasteiger partial charge >= 0.3 is 0 Å². The molecule has 17 heavy (non-hydrogen) atoms. The molecule has 2 rings (SSSR count). The predicted octanol–water partition coefficient (Wildman–Crippen LogP) is 3.05. The Morgan fingerprint density at radius 2 is 2.18 bits per heavy atom. The Balaban J connectivity index is 2.27. The van der Waals surface area contributed by atoms with Gasteiger partial charge in [-0.3, -0.25) is 4.79 Å². The van der Waals surface area contributed by atoms with Gasteiger partial charge in [-0.15, -0.1) is 0 Å². The molecule has 2 aromatic rings. The fraction of sp³-hybridized carbons (Fsp3) is 0.357. The van der Waals surface area contributed by atoms with Crippen molar-refractivity contribution in [3.63, 3.8) is 0 Å². The van der Waals surface area contributed by atoms with E-state index < -0.39 is 0 Å². The Morgan fingerprint density at radius 1 is 1.41 bits per heavy atom. The normalized spacial score (nSPS) is 12.9. The van der Waals surface area contributed by atoms with E-state index in [0.29, 0.717) is 12.2 Å². The summed E-state index contributed by atoms with van der Waals surface area (Å²) in [5, 5.41) is 0.971. The minimum absolute atomic E-state index is 0.0202. The molecule has 1 aromatic carbocycles. The van der Waals surface area contributed by atoms with Crippen LogP contribution >= 0.6 is 0 Å². The number of rotatable bonds is 4. The van der Waals surface area contributed by atoms with Crippen LogP contribution in [0.2, 0.25) is 0 Å². The number of carbonyl (C=O) groups is 1. The molecule has 1 atom stereocenters. The van der Waals surface area contributed by atoms with Gasteiger partial charge in [-0.05, 0) is 31.5 Å². The maximum atomic E-state index is 11.9.